The van der Waals surface area contributed by atoms with Gasteiger partial charge in [0.15, 0.2) is 0 Å². The maximum Gasteiger partial charge on any atom is 0.142 e. The van der Waals surface area contributed by atoms with Gasteiger partial charge in [-0.25, -0.2) is 4.98 Å². The summed E-state index contributed by atoms with van der Waals surface area (Å²) in [6.07, 6.45) is 1.94. The van der Waals surface area contributed by atoms with Crippen molar-refractivity contribution in [3.05, 3.63) is 22.3 Å². The molecule has 0 aromatic carbocycles. The normalized spacial score (nSPS) is 21.8. The summed E-state index contributed by atoms with van der Waals surface area (Å²) in [6, 6.07) is 2.13. The molecule has 2 heterocycles. The number of pyridine rings is 1. The first kappa shape index (κ1) is 11.3. The number of aryl methyl sites for hydroxylation is 1. The molecule has 1 aromatic rings. The van der Waals surface area contributed by atoms with Gasteiger partial charge in [-0.3, -0.25) is 0 Å². The predicted molar refractivity (Wildman–Crippen MR) is 70.8 cm³/mol. The van der Waals surface area contributed by atoms with E-state index in [9.17, 15) is 0 Å². The zero-order chi connectivity index (χ0) is 10.8. The lowest BCUT2D eigenvalue weighted by Crippen LogP contribution is -2.37. The first-order valence-corrected chi connectivity index (χ1v) is 6.99. The Balaban J connectivity index is 2.21. The molecule has 0 N–H and O–H groups in total. The zero-order valence-corrected chi connectivity index (χ0v) is 11.4. The third-order valence-corrected chi connectivity index (χ3v) is 4.22. The van der Waals surface area contributed by atoms with E-state index in [-0.39, 0.29) is 0 Å². The molecular formula is C11H15BrN2S. The summed E-state index contributed by atoms with van der Waals surface area (Å²) in [4.78, 5) is 6.87. The molecule has 15 heavy (non-hydrogen) atoms. The van der Waals surface area contributed by atoms with Crippen LogP contribution in [0.3, 0.4) is 0 Å². The van der Waals surface area contributed by atoms with Crippen molar-refractivity contribution in [2.24, 2.45) is 0 Å². The number of nitrogens with zero attached hydrogens (tertiary/aromatic N) is 2. The highest BCUT2D eigenvalue weighted by atomic mass is 79.9. The van der Waals surface area contributed by atoms with Crippen molar-refractivity contribution in [3.8, 4) is 0 Å². The molecule has 0 radical (unpaired) electrons. The van der Waals surface area contributed by atoms with E-state index in [1.54, 1.807) is 0 Å². The van der Waals surface area contributed by atoms with E-state index < -0.39 is 0 Å². The molecule has 0 spiro atoms. The monoisotopic (exact) mass is 286 g/mol. The second-order valence-corrected chi connectivity index (χ2v) is 6.35. The lowest BCUT2D eigenvalue weighted by Gasteiger charge is -2.32. The topological polar surface area (TPSA) is 16.1 Å². The Bertz CT molecular complexity index is 356. The molecule has 82 valence electrons. The van der Waals surface area contributed by atoms with Gasteiger partial charge in [0.25, 0.3) is 0 Å². The van der Waals surface area contributed by atoms with Crippen molar-refractivity contribution < 1.29 is 0 Å². The Hall–Kier alpha value is -0.220. The van der Waals surface area contributed by atoms with Crippen LogP contribution in [0.5, 0.6) is 0 Å². The van der Waals surface area contributed by atoms with Gasteiger partial charge < -0.3 is 4.90 Å². The molecule has 0 saturated carbocycles. The molecule has 0 bridgehead atoms. The first-order valence-electron chi connectivity index (χ1n) is 5.15. The van der Waals surface area contributed by atoms with Crippen LogP contribution in [0.4, 0.5) is 5.82 Å². The summed E-state index contributed by atoms with van der Waals surface area (Å²) >= 11 is 5.63. The Kier molecular flexibility index (Phi) is 3.57. The standard InChI is InChI=1S/C11H15BrN2S/c1-8-5-10(12)11(13-6-8)14-3-4-15-9(2)7-14/h5-6,9H,3-4,7H2,1-2H3. The molecule has 0 amide bonds. The molecule has 4 heteroatoms. The number of anilines is 1. The van der Waals surface area contributed by atoms with Gasteiger partial charge in [0, 0.05) is 30.3 Å². The highest BCUT2D eigenvalue weighted by Crippen LogP contribution is 2.28. The van der Waals surface area contributed by atoms with E-state index in [4.69, 9.17) is 0 Å². The fourth-order valence-corrected chi connectivity index (χ4v) is 3.50. The third kappa shape index (κ3) is 2.67. The van der Waals surface area contributed by atoms with E-state index >= 15 is 0 Å². The molecule has 2 rings (SSSR count). The number of hydrogen-bond donors (Lipinski definition) is 0. The summed E-state index contributed by atoms with van der Waals surface area (Å²) in [7, 11) is 0. The molecule has 1 aliphatic heterocycles. The second-order valence-electron chi connectivity index (χ2n) is 3.95. The molecular weight excluding hydrogens is 272 g/mol. The van der Waals surface area contributed by atoms with Crippen LogP contribution in [0.1, 0.15) is 12.5 Å². The number of rotatable bonds is 1. The van der Waals surface area contributed by atoms with E-state index in [0.717, 1.165) is 23.4 Å². The maximum absolute atomic E-state index is 4.51. The maximum atomic E-state index is 4.51. The van der Waals surface area contributed by atoms with Crippen molar-refractivity contribution in [3.63, 3.8) is 0 Å². The molecule has 0 aliphatic carbocycles. The lowest BCUT2D eigenvalue weighted by atomic mass is 10.3. The fraction of sp³-hybridized carbons (Fsp3) is 0.545. The first-order chi connectivity index (χ1) is 7.16. The van der Waals surface area contributed by atoms with Crippen LogP contribution in [0.2, 0.25) is 0 Å². The number of hydrogen-bond acceptors (Lipinski definition) is 3. The van der Waals surface area contributed by atoms with Crippen molar-refractivity contribution >= 4 is 33.5 Å². The van der Waals surface area contributed by atoms with Gasteiger partial charge >= 0.3 is 0 Å². The van der Waals surface area contributed by atoms with Crippen LogP contribution in [-0.2, 0) is 0 Å². The average molecular weight is 287 g/mol. The molecule has 1 saturated heterocycles. The minimum absolute atomic E-state index is 0.703. The van der Waals surface area contributed by atoms with E-state index in [2.05, 4.69) is 45.7 Å². The summed E-state index contributed by atoms with van der Waals surface area (Å²) in [5.74, 6) is 2.29. The SMILES string of the molecule is Cc1cnc(N2CCSC(C)C2)c(Br)c1. The van der Waals surface area contributed by atoms with Crippen molar-refractivity contribution in [1.29, 1.82) is 0 Å². The highest BCUT2D eigenvalue weighted by Gasteiger charge is 2.19. The predicted octanol–water partition coefficient (Wildman–Crippen LogP) is 3.09. The van der Waals surface area contributed by atoms with E-state index in [1.807, 2.05) is 18.0 Å². The van der Waals surface area contributed by atoms with Gasteiger partial charge in [-0.15, -0.1) is 0 Å². The van der Waals surface area contributed by atoms with Crippen LogP contribution >= 0.6 is 27.7 Å². The minimum Gasteiger partial charge on any atom is -0.354 e. The van der Waals surface area contributed by atoms with Crippen molar-refractivity contribution in [1.82, 2.24) is 4.98 Å². The van der Waals surface area contributed by atoms with Crippen molar-refractivity contribution in [2.45, 2.75) is 19.1 Å². The molecule has 1 aliphatic rings. The lowest BCUT2D eigenvalue weighted by molar-refractivity contribution is 0.768. The van der Waals surface area contributed by atoms with Gasteiger partial charge in [0.05, 0.1) is 4.47 Å². The molecule has 1 unspecified atom stereocenters. The second kappa shape index (κ2) is 4.74. The number of halogens is 1. The van der Waals surface area contributed by atoms with Gasteiger partial charge in [-0.05, 0) is 34.5 Å². The van der Waals surface area contributed by atoms with Crippen molar-refractivity contribution in [2.75, 3.05) is 23.7 Å². The Morgan fingerprint density at radius 3 is 3.07 bits per heavy atom. The van der Waals surface area contributed by atoms with Crippen LogP contribution in [0.15, 0.2) is 16.7 Å². The fourth-order valence-electron chi connectivity index (χ4n) is 1.77. The molecule has 2 nitrogen and oxygen atoms in total. The third-order valence-electron chi connectivity index (χ3n) is 2.50. The van der Waals surface area contributed by atoms with Gasteiger partial charge in [0.1, 0.15) is 5.82 Å². The van der Waals surface area contributed by atoms with E-state index in [0.29, 0.717) is 5.25 Å². The average Bonchev–Trinajstić information content (AvgIpc) is 2.17. The Morgan fingerprint density at radius 1 is 1.60 bits per heavy atom. The van der Waals surface area contributed by atoms with Gasteiger partial charge in [-0.2, -0.15) is 11.8 Å². The van der Waals surface area contributed by atoms with Crippen LogP contribution in [-0.4, -0.2) is 29.1 Å². The quantitative estimate of drug-likeness (QED) is 0.789. The smallest absolute Gasteiger partial charge is 0.142 e. The summed E-state index contributed by atoms with van der Waals surface area (Å²) in [6.45, 7) is 6.54. The largest absolute Gasteiger partial charge is 0.354 e. The van der Waals surface area contributed by atoms with Crippen LogP contribution < -0.4 is 4.90 Å². The molecule has 1 atom stereocenters. The Morgan fingerprint density at radius 2 is 2.40 bits per heavy atom. The van der Waals surface area contributed by atoms with Crippen LogP contribution in [0.25, 0.3) is 0 Å². The number of thioether (sulfide) groups is 1. The number of aromatic nitrogens is 1. The van der Waals surface area contributed by atoms with Gasteiger partial charge in [-0.1, -0.05) is 6.92 Å². The summed E-state index contributed by atoms with van der Waals surface area (Å²) in [5, 5.41) is 0.703. The Labute approximate surface area is 104 Å². The highest BCUT2D eigenvalue weighted by molar-refractivity contribution is 9.10. The zero-order valence-electron chi connectivity index (χ0n) is 9.03. The summed E-state index contributed by atoms with van der Waals surface area (Å²) < 4.78 is 1.11. The van der Waals surface area contributed by atoms with Crippen LogP contribution in [0, 0.1) is 6.92 Å². The molecule has 1 fully saturated rings. The summed E-state index contributed by atoms with van der Waals surface area (Å²) in [5.41, 5.74) is 1.20. The molecule has 1 aromatic heterocycles. The van der Waals surface area contributed by atoms with Gasteiger partial charge in [0.2, 0.25) is 0 Å². The van der Waals surface area contributed by atoms with E-state index in [1.165, 1.54) is 11.3 Å². The minimum atomic E-state index is 0.703.